The van der Waals surface area contributed by atoms with Gasteiger partial charge in [0.05, 0.1) is 1.37 Å². The molecule has 0 heterocycles. The molecule has 0 aliphatic carbocycles. The minimum absolute atomic E-state index is 0.176. The molecule has 9 heavy (non-hydrogen) atoms. The Bertz CT molecular complexity index is 260. The van der Waals surface area contributed by atoms with Crippen LogP contribution in [0, 0.1) is 0 Å². The highest BCUT2D eigenvalue weighted by molar-refractivity contribution is 5.92. The van der Waals surface area contributed by atoms with Gasteiger partial charge in [-0.3, -0.25) is 4.79 Å². The molecule has 0 aliphatic heterocycles. The van der Waals surface area contributed by atoms with Gasteiger partial charge in [-0.05, 0) is 12.1 Å². The zero-order valence-corrected chi connectivity index (χ0v) is 4.79. The van der Waals surface area contributed by atoms with Crippen LogP contribution < -0.4 is 5.73 Å². The number of nitrogens with two attached hydrogens (primary N) is 1. The van der Waals surface area contributed by atoms with Crippen LogP contribution in [0.15, 0.2) is 30.3 Å². The summed E-state index contributed by atoms with van der Waals surface area (Å²) in [5.74, 6) is -0.550. The standard InChI is InChI=1S/C7H7NO/c8-7(9)6-4-2-1-3-5-6/h1-5H,(H2,8,9)/i4D. The van der Waals surface area contributed by atoms with Crippen LogP contribution in [-0.2, 0) is 0 Å². The largest absolute Gasteiger partial charge is 0.366 e. The number of hydrogen-bond acceptors (Lipinski definition) is 1. The van der Waals surface area contributed by atoms with E-state index in [4.69, 9.17) is 7.10 Å². The minimum atomic E-state index is -0.550. The van der Waals surface area contributed by atoms with Gasteiger partial charge in [0.15, 0.2) is 0 Å². The highest BCUT2D eigenvalue weighted by atomic mass is 16.1. The molecule has 0 saturated heterocycles. The molecular formula is C7H7NO. The number of hydrogen-bond donors (Lipinski definition) is 1. The van der Waals surface area contributed by atoms with E-state index in [9.17, 15) is 4.79 Å². The summed E-state index contributed by atoms with van der Waals surface area (Å²) in [7, 11) is 0. The molecule has 0 bridgehead atoms. The summed E-state index contributed by atoms with van der Waals surface area (Å²) in [5, 5.41) is 0. The Hall–Kier alpha value is -1.31. The first-order valence-electron chi connectivity index (χ1n) is 3.07. The van der Waals surface area contributed by atoms with Crippen molar-refractivity contribution in [3.8, 4) is 0 Å². The second-order valence-corrected chi connectivity index (χ2v) is 1.64. The number of primary amides is 1. The van der Waals surface area contributed by atoms with Crippen molar-refractivity contribution in [2.45, 2.75) is 0 Å². The number of rotatable bonds is 1. The molecule has 0 aromatic heterocycles. The Balaban J connectivity index is 3.15. The van der Waals surface area contributed by atoms with E-state index in [1.54, 1.807) is 12.1 Å². The zero-order chi connectivity index (χ0) is 7.56. The minimum Gasteiger partial charge on any atom is -0.366 e. The lowest BCUT2D eigenvalue weighted by Gasteiger charge is -1.89. The van der Waals surface area contributed by atoms with Gasteiger partial charge in [-0.25, -0.2) is 0 Å². The van der Waals surface area contributed by atoms with Gasteiger partial charge in [0, 0.05) is 5.56 Å². The van der Waals surface area contributed by atoms with E-state index in [0.717, 1.165) is 0 Å². The number of benzene rings is 1. The summed E-state index contributed by atoms with van der Waals surface area (Å²) in [4.78, 5) is 10.5. The number of amides is 1. The van der Waals surface area contributed by atoms with E-state index < -0.39 is 5.91 Å². The van der Waals surface area contributed by atoms with Gasteiger partial charge in [0.2, 0.25) is 5.91 Å². The second-order valence-electron chi connectivity index (χ2n) is 1.64. The summed E-state index contributed by atoms with van der Waals surface area (Å²) in [6.07, 6.45) is 0. The van der Waals surface area contributed by atoms with Crippen LogP contribution in [-0.4, -0.2) is 5.91 Å². The smallest absolute Gasteiger partial charge is 0.248 e. The molecule has 0 atom stereocenters. The summed E-state index contributed by atoms with van der Waals surface area (Å²) in [6.45, 7) is 0. The number of carbonyl (C=O) groups is 1. The Morgan fingerprint density at radius 3 is 2.78 bits per heavy atom. The molecule has 0 aliphatic rings. The summed E-state index contributed by atoms with van der Waals surface area (Å²) in [5.41, 5.74) is 5.22. The summed E-state index contributed by atoms with van der Waals surface area (Å²) < 4.78 is 7.20. The van der Waals surface area contributed by atoms with Crippen LogP contribution >= 0.6 is 0 Å². The molecule has 1 aromatic rings. The Labute approximate surface area is 54.7 Å². The maximum absolute atomic E-state index is 10.5. The predicted molar refractivity (Wildman–Crippen MR) is 35.0 cm³/mol. The lowest BCUT2D eigenvalue weighted by atomic mass is 10.2. The van der Waals surface area contributed by atoms with Crippen molar-refractivity contribution in [3.05, 3.63) is 35.9 Å². The molecule has 2 heteroatoms. The molecule has 1 amide bonds. The highest BCUT2D eigenvalue weighted by Gasteiger charge is 1.93. The van der Waals surface area contributed by atoms with Crippen LogP contribution in [0.1, 0.15) is 11.7 Å². The monoisotopic (exact) mass is 122 g/mol. The first kappa shape index (κ1) is 4.56. The predicted octanol–water partition coefficient (Wildman–Crippen LogP) is 0.786. The molecule has 0 radical (unpaired) electrons. The van der Waals surface area contributed by atoms with Crippen LogP contribution in [0.5, 0.6) is 0 Å². The molecule has 0 fully saturated rings. The third-order valence-corrected chi connectivity index (χ3v) is 0.975. The normalized spacial score (nSPS) is 10.4. The van der Waals surface area contributed by atoms with E-state index in [1.807, 2.05) is 0 Å². The highest BCUT2D eigenvalue weighted by Crippen LogP contribution is 1.94. The van der Waals surface area contributed by atoms with E-state index in [2.05, 4.69) is 0 Å². The maximum atomic E-state index is 10.5. The van der Waals surface area contributed by atoms with Gasteiger partial charge in [-0.15, -0.1) is 0 Å². The van der Waals surface area contributed by atoms with Crippen molar-refractivity contribution >= 4 is 5.91 Å². The quantitative estimate of drug-likeness (QED) is 0.587. The van der Waals surface area contributed by atoms with Crippen LogP contribution in [0.4, 0.5) is 0 Å². The third-order valence-electron chi connectivity index (χ3n) is 0.975. The Morgan fingerprint density at radius 2 is 2.33 bits per heavy atom. The van der Waals surface area contributed by atoms with Crippen molar-refractivity contribution < 1.29 is 6.17 Å². The van der Waals surface area contributed by atoms with E-state index in [1.165, 1.54) is 12.1 Å². The van der Waals surface area contributed by atoms with Crippen molar-refractivity contribution in [2.24, 2.45) is 5.73 Å². The van der Waals surface area contributed by atoms with Gasteiger partial charge in [0.25, 0.3) is 0 Å². The first-order valence-corrected chi connectivity index (χ1v) is 2.57. The maximum Gasteiger partial charge on any atom is 0.248 e. The van der Waals surface area contributed by atoms with Crippen molar-refractivity contribution in [3.63, 3.8) is 0 Å². The average molecular weight is 122 g/mol. The molecule has 0 unspecified atom stereocenters. The molecule has 1 rings (SSSR count). The molecular weight excluding hydrogens is 114 g/mol. The SMILES string of the molecule is [2H]c1ccccc1C(N)=O. The average Bonchev–Trinajstić information content (AvgIpc) is 1.88. The van der Waals surface area contributed by atoms with Crippen LogP contribution in [0.2, 0.25) is 0 Å². The van der Waals surface area contributed by atoms with Gasteiger partial charge >= 0.3 is 0 Å². The Morgan fingerprint density at radius 1 is 1.56 bits per heavy atom. The third kappa shape index (κ3) is 1.29. The first-order chi connectivity index (χ1) is 4.72. The molecule has 1 aromatic carbocycles. The molecule has 0 saturated carbocycles. The fourth-order valence-corrected chi connectivity index (χ4v) is 0.547. The molecule has 2 nitrogen and oxygen atoms in total. The van der Waals surface area contributed by atoms with Gasteiger partial charge < -0.3 is 5.73 Å². The van der Waals surface area contributed by atoms with Crippen LogP contribution in [0.25, 0.3) is 0 Å². The van der Waals surface area contributed by atoms with Gasteiger partial charge in [-0.2, -0.15) is 0 Å². The molecule has 0 spiro atoms. The summed E-state index contributed by atoms with van der Waals surface area (Å²) in [6, 6.07) is 6.60. The lowest BCUT2D eigenvalue weighted by Crippen LogP contribution is -2.09. The zero-order valence-electron chi connectivity index (χ0n) is 5.79. The Kier molecular flexibility index (Phi) is 1.17. The molecule has 46 valence electrons. The fourth-order valence-electron chi connectivity index (χ4n) is 0.547. The van der Waals surface area contributed by atoms with Gasteiger partial charge in [0.1, 0.15) is 0 Å². The van der Waals surface area contributed by atoms with Gasteiger partial charge in [-0.1, -0.05) is 18.2 Å². The van der Waals surface area contributed by atoms with Crippen molar-refractivity contribution in [2.75, 3.05) is 0 Å². The number of carbonyl (C=O) groups excluding carboxylic acids is 1. The fraction of sp³-hybridized carbons (Fsp3) is 0. The molecule has 2 N–H and O–H groups in total. The topological polar surface area (TPSA) is 43.1 Å². The van der Waals surface area contributed by atoms with Crippen molar-refractivity contribution in [1.82, 2.24) is 0 Å². The summed E-state index contributed by atoms with van der Waals surface area (Å²) >= 11 is 0. The second kappa shape index (κ2) is 2.31. The van der Waals surface area contributed by atoms with Crippen LogP contribution in [0.3, 0.4) is 0 Å². The van der Waals surface area contributed by atoms with E-state index in [-0.39, 0.29) is 11.6 Å². The lowest BCUT2D eigenvalue weighted by molar-refractivity contribution is 0.100. The van der Waals surface area contributed by atoms with Crippen molar-refractivity contribution in [1.29, 1.82) is 0 Å². The van der Waals surface area contributed by atoms with E-state index in [0.29, 0.717) is 0 Å². The van der Waals surface area contributed by atoms with E-state index >= 15 is 0 Å².